The Hall–Kier alpha value is -1.65. The molecule has 1 unspecified atom stereocenters. The zero-order valence-corrected chi connectivity index (χ0v) is 10.3. The Kier molecular flexibility index (Phi) is 3.56. The van der Waals surface area contributed by atoms with Crippen LogP contribution in [0.25, 0.3) is 0 Å². The Morgan fingerprint density at radius 1 is 1.65 bits per heavy atom. The molecule has 17 heavy (non-hydrogen) atoms. The van der Waals surface area contributed by atoms with Gasteiger partial charge in [-0.05, 0) is 25.3 Å². The van der Waals surface area contributed by atoms with Gasteiger partial charge in [0.2, 0.25) is 5.91 Å². The third kappa shape index (κ3) is 2.93. The first-order valence-electron chi connectivity index (χ1n) is 5.94. The second kappa shape index (κ2) is 5.12. The Balaban J connectivity index is 1.96. The maximum Gasteiger partial charge on any atom is 0.220 e. The van der Waals surface area contributed by atoms with Gasteiger partial charge < -0.3 is 10.2 Å². The van der Waals surface area contributed by atoms with Crippen LogP contribution in [0.15, 0.2) is 12.3 Å². The van der Waals surface area contributed by atoms with Gasteiger partial charge in [-0.15, -0.1) is 0 Å². The number of hydrogen-bond donors (Lipinski definition) is 1. The zero-order valence-electron chi connectivity index (χ0n) is 10.3. The standard InChI is InChI=1S/C12H18N4O/c1-9-14-5-3-11(15-9)16-6-4-10(8-16)7-12(17)13-2/h3,5,10H,4,6-8H2,1-2H3,(H,13,17). The van der Waals surface area contributed by atoms with Crippen molar-refractivity contribution in [2.75, 3.05) is 25.0 Å². The van der Waals surface area contributed by atoms with Crippen LogP contribution >= 0.6 is 0 Å². The number of hydrogen-bond acceptors (Lipinski definition) is 4. The van der Waals surface area contributed by atoms with E-state index in [2.05, 4.69) is 20.2 Å². The summed E-state index contributed by atoms with van der Waals surface area (Å²) in [7, 11) is 1.68. The van der Waals surface area contributed by atoms with Crippen molar-refractivity contribution in [3.05, 3.63) is 18.1 Å². The van der Waals surface area contributed by atoms with Gasteiger partial charge in [-0.2, -0.15) is 0 Å². The van der Waals surface area contributed by atoms with Gasteiger partial charge in [0.25, 0.3) is 0 Å². The number of amides is 1. The highest BCUT2D eigenvalue weighted by Gasteiger charge is 2.25. The number of carbonyl (C=O) groups is 1. The van der Waals surface area contributed by atoms with Crippen LogP contribution in [0.1, 0.15) is 18.7 Å². The number of carbonyl (C=O) groups excluding carboxylic acids is 1. The molecule has 0 spiro atoms. The normalized spacial score (nSPS) is 19.4. The molecule has 1 amide bonds. The molecule has 1 atom stereocenters. The Morgan fingerprint density at radius 3 is 3.18 bits per heavy atom. The van der Waals surface area contributed by atoms with Crippen molar-refractivity contribution in [3.8, 4) is 0 Å². The first-order valence-corrected chi connectivity index (χ1v) is 5.94. The molecular weight excluding hydrogens is 216 g/mol. The monoisotopic (exact) mass is 234 g/mol. The van der Waals surface area contributed by atoms with Crippen molar-refractivity contribution >= 4 is 11.7 Å². The van der Waals surface area contributed by atoms with Crippen LogP contribution in [-0.2, 0) is 4.79 Å². The van der Waals surface area contributed by atoms with E-state index in [1.807, 2.05) is 13.0 Å². The third-order valence-corrected chi connectivity index (χ3v) is 3.12. The second-order valence-corrected chi connectivity index (χ2v) is 4.44. The lowest BCUT2D eigenvalue weighted by Gasteiger charge is -2.17. The van der Waals surface area contributed by atoms with Crippen molar-refractivity contribution in [2.45, 2.75) is 19.8 Å². The summed E-state index contributed by atoms with van der Waals surface area (Å²) in [6, 6.07) is 1.93. The molecule has 0 aromatic carbocycles. The van der Waals surface area contributed by atoms with Gasteiger partial charge in [0.15, 0.2) is 0 Å². The number of aryl methyl sites for hydroxylation is 1. The van der Waals surface area contributed by atoms with Crippen LogP contribution in [0.2, 0.25) is 0 Å². The quantitative estimate of drug-likeness (QED) is 0.838. The van der Waals surface area contributed by atoms with Crippen molar-refractivity contribution in [1.82, 2.24) is 15.3 Å². The summed E-state index contributed by atoms with van der Waals surface area (Å²) in [5, 5.41) is 2.67. The van der Waals surface area contributed by atoms with Gasteiger partial charge in [0.1, 0.15) is 11.6 Å². The van der Waals surface area contributed by atoms with Crippen LogP contribution in [0.5, 0.6) is 0 Å². The molecule has 1 aliphatic heterocycles. The summed E-state index contributed by atoms with van der Waals surface area (Å²) < 4.78 is 0. The minimum atomic E-state index is 0.121. The summed E-state index contributed by atoms with van der Waals surface area (Å²) in [4.78, 5) is 22.0. The third-order valence-electron chi connectivity index (χ3n) is 3.12. The van der Waals surface area contributed by atoms with Crippen molar-refractivity contribution in [1.29, 1.82) is 0 Å². The fraction of sp³-hybridized carbons (Fsp3) is 0.583. The van der Waals surface area contributed by atoms with Gasteiger partial charge >= 0.3 is 0 Å². The molecule has 92 valence electrons. The maximum atomic E-state index is 11.3. The van der Waals surface area contributed by atoms with Crippen molar-refractivity contribution < 1.29 is 4.79 Å². The fourth-order valence-corrected chi connectivity index (χ4v) is 2.19. The van der Waals surface area contributed by atoms with E-state index in [0.29, 0.717) is 12.3 Å². The highest BCUT2D eigenvalue weighted by molar-refractivity contribution is 5.75. The Morgan fingerprint density at radius 2 is 2.47 bits per heavy atom. The first kappa shape index (κ1) is 11.8. The van der Waals surface area contributed by atoms with E-state index in [0.717, 1.165) is 31.2 Å². The average molecular weight is 234 g/mol. The topological polar surface area (TPSA) is 58.1 Å². The molecule has 5 heteroatoms. The number of aromatic nitrogens is 2. The molecule has 1 fully saturated rings. The van der Waals surface area contributed by atoms with Gasteiger partial charge in [0, 0.05) is 32.8 Å². The highest BCUT2D eigenvalue weighted by atomic mass is 16.1. The van der Waals surface area contributed by atoms with E-state index in [9.17, 15) is 4.79 Å². The molecular formula is C12H18N4O. The predicted octanol–water partition coefficient (Wildman–Crippen LogP) is 0.747. The zero-order chi connectivity index (χ0) is 12.3. The number of nitrogens with zero attached hydrogens (tertiary/aromatic N) is 3. The molecule has 1 saturated heterocycles. The summed E-state index contributed by atoms with van der Waals surface area (Å²) in [5.74, 6) is 2.31. The molecule has 0 radical (unpaired) electrons. The summed E-state index contributed by atoms with van der Waals surface area (Å²) >= 11 is 0. The van der Waals surface area contributed by atoms with Crippen molar-refractivity contribution in [2.24, 2.45) is 5.92 Å². The van der Waals surface area contributed by atoms with Crippen LogP contribution in [-0.4, -0.2) is 36.0 Å². The highest BCUT2D eigenvalue weighted by Crippen LogP contribution is 2.23. The van der Waals surface area contributed by atoms with E-state index in [4.69, 9.17) is 0 Å². The summed E-state index contributed by atoms with van der Waals surface area (Å²) in [5.41, 5.74) is 0. The number of rotatable bonds is 3. The fourth-order valence-electron chi connectivity index (χ4n) is 2.19. The molecule has 1 aromatic heterocycles. The van der Waals surface area contributed by atoms with E-state index >= 15 is 0 Å². The summed E-state index contributed by atoms with van der Waals surface area (Å²) in [6.45, 7) is 3.77. The second-order valence-electron chi connectivity index (χ2n) is 4.44. The van der Waals surface area contributed by atoms with E-state index in [1.54, 1.807) is 13.2 Å². The smallest absolute Gasteiger partial charge is 0.220 e. The molecule has 1 aliphatic rings. The lowest BCUT2D eigenvalue weighted by Crippen LogP contribution is -2.24. The minimum Gasteiger partial charge on any atom is -0.359 e. The molecule has 0 bridgehead atoms. The molecule has 1 aromatic rings. The van der Waals surface area contributed by atoms with E-state index in [-0.39, 0.29) is 5.91 Å². The van der Waals surface area contributed by atoms with Crippen molar-refractivity contribution in [3.63, 3.8) is 0 Å². The molecule has 0 aliphatic carbocycles. The lowest BCUT2D eigenvalue weighted by molar-refractivity contribution is -0.121. The molecule has 1 N–H and O–H groups in total. The van der Waals surface area contributed by atoms with Gasteiger partial charge in [-0.3, -0.25) is 4.79 Å². The largest absolute Gasteiger partial charge is 0.359 e. The van der Waals surface area contributed by atoms with Crippen LogP contribution < -0.4 is 10.2 Å². The molecule has 5 nitrogen and oxygen atoms in total. The molecule has 2 heterocycles. The lowest BCUT2D eigenvalue weighted by atomic mass is 10.1. The Bertz CT molecular complexity index is 407. The van der Waals surface area contributed by atoms with E-state index < -0.39 is 0 Å². The predicted molar refractivity (Wildman–Crippen MR) is 65.8 cm³/mol. The Labute approximate surface area is 101 Å². The van der Waals surface area contributed by atoms with Gasteiger partial charge in [0.05, 0.1) is 0 Å². The minimum absolute atomic E-state index is 0.121. The van der Waals surface area contributed by atoms with Crippen LogP contribution in [0.3, 0.4) is 0 Å². The van der Waals surface area contributed by atoms with Gasteiger partial charge in [-0.1, -0.05) is 0 Å². The maximum absolute atomic E-state index is 11.3. The molecule has 2 rings (SSSR count). The van der Waals surface area contributed by atoms with Crippen LogP contribution in [0.4, 0.5) is 5.82 Å². The number of nitrogens with one attached hydrogen (secondary N) is 1. The first-order chi connectivity index (χ1) is 8.19. The summed E-state index contributed by atoms with van der Waals surface area (Å²) in [6.07, 6.45) is 3.44. The van der Waals surface area contributed by atoms with E-state index in [1.165, 1.54) is 0 Å². The van der Waals surface area contributed by atoms with Crippen LogP contribution in [0, 0.1) is 12.8 Å². The average Bonchev–Trinajstić information content (AvgIpc) is 2.77. The van der Waals surface area contributed by atoms with Gasteiger partial charge in [-0.25, -0.2) is 9.97 Å². The number of anilines is 1. The SMILES string of the molecule is CNC(=O)CC1CCN(c2ccnc(C)n2)C1. The molecule has 0 saturated carbocycles.